The normalized spacial score (nSPS) is 22.6. The predicted molar refractivity (Wildman–Crippen MR) is 82.6 cm³/mol. The van der Waals surface area contributed by atoms with E-state index in [4.69, 9.17) is 10.5 Å². The Labute approximate surface area is 127 Å². The molecule has 0 unspecified atom stereocenters. The van der Waals surface area contributed by atoms with Gasteiger partial charge in [0.2, 0.25) is 0 Å². The number of hydrogen-bond acceptors (Lipinski definition) is 5. The van der Waals surface area contributed by atoms with Crippen LogP contribution in [0.2, 0.25) is 0 Å². The van der Waals surface area contributed by atoms with Gasteiger partial charge in [0.15, 0.2) is 0 Å². The lowest BCUT2D eigenvalue weighted by Crippen LogP contribution is -2.36. The molecule has 1 amide bonds. The zero-order valence-corrected chi connectivity index (χ0v) is 12.4. The maximum absolute atomic E-state index is 14.3. The molecule has 2 aliphatic heterocycles. The Morgan fingerprint density at radius 2 is 2.14 bits per heavy atom. The van der Waals surface area contributed by atoms with E-state index in [2.05, 4.69) is 0 Å². The summed E-state index contributed by atoms with van der Waals surface area (Å²) in [5.74, 6) is 1.62. The quantitative estimate of drug-likeness (QED) is 0.920. The lowest BCUT2D eigenvalue weighted by Gasteiger charge is -2.32. The number of thioether (sulfide) groups is 1. The summed E-state index contributed by atoms with van der Waals surface area (Å²) < 4.78 is 19.5. The van der Waals surface area contributed by atoms with Crippen molar-refractivity contribution in [1.29, 1.82) is 0 Å². The minimum absolute atomic E-state index is 0.271. The highest BCUT2D eigenvalue weighted by atomic mass is 32.2. The van der Waals surface area contributed by atoms with Gasteiger partial charge in [0.05, 0.1) is 17.9 Å². The molecule has 1 aromatic rings. The van der Waals surface area contributed by atoms with Gasteiger partial charge in [0.25, 0.3) is 0 Å². The summed E-state index contributed by atoms with van der Waals surface area (Å²) in [6, 6.07) is 4.82. The van der Waals surface area contributed by atoms with Crippen molar-refractivity contribution in [2.75, 3.05) is 47.5 Å². The van der Waals surface area contributed by atoms with Crippen LogP contribution in [-0.2, 0) is 4.74 Å². The zero-order valence-electron chi connectivity index (χ0n) is 11.6. The largest absolute Gasteiger partial charge is 0.443 e. The van der Waals surface area contributed by atoms with E-state index in [0.717, 1.165) is 24.6 Å². The molecule has 0 aromatic heterocycles. The van der Waals surface area contributed by atoms with Crippen molar-refractivity contribution in [1.82, 2.24) is 0 Å². The van der Waals surface area contributed by atoms with Crippen LogP contribution < -0.4 is 15.5 Å². The molecule has 2 aliphatic rings. The van der Waals surface area contributed by atoms with Gasteiger partial charge in [0, 0.05) is 31.1 Å². The van der Waals surface area contributed by atoms with E-state index in [1.54, 1.807) is 12.1 Å². The second-order valence-corrected chi connectivity index (χ2v) is 6.28. The molecular formula is C14H18FN3O2S. The molecule has 2 N–H and O–H groups in total. The van der Waals surface area contributed by atoms with Gasteiger partial charge in [-0.25, -0.2) is 9.18 Å². The third-order valence-electron chi connectivity index (χ3n) is 3.72. The Hall–Kier alpha value is -1.47. The van der Waals surface area contributed by atoms with Gasteiger partial charge in [-0.05, 0) is 12.1 Å². The summed E-state index contributed by atoms with van der Waals surface area (Å²) in [5.41, 5.74) is 6.62. The molecule has 21 heavy (non-hydrogen) atoms. The summed E-state index contributed by atoms with van der Waals surface area (Å²) >= 11 is 1.86. The first-order valence-corrected chi connectivity index (χ1v) is 8.15. The minimum Gasteiger partial charge on any atom is -0.443 e. The second-order valence-electron chi connectivity index (χ2n) is 5.06. The number of carbonyl (C=O) groups is 1. The lowest BCUT2D eigenvalue weighted by atomic mass is 10.2. The number of ether oxygens (including phenoxy) is 1. The van der Waals surface area contributed by atoms with Crippen molar-refractivity contribution < 1.29 is 13.9 Å². The van der Waals surface area contributed by atoms with E-state index >= 15 is 0 Å². The fourth-order valence-electron chi connectivity index (χ4n) is 2.66. The molecule has 0 bridgehead atoms. The average Bonchev–Trinajstić information content (AvgIpc) is 2.89. The monoisotopic (exact) mass is 311 g/mol. The number of rotatable bonds is 3. The number of hydrogen-bond donors (Lipinski definition) is 1. The van der Waals surface area contributed by atoms with Crippen LogP contribution in [-0.4, -0.2) is 49.9 Å². The molecule has 2 fully saturated rings. The third kappa shape index (κ3) is 2.80. The first-order chi connectivity index (χ1) is 10.2. The van der Waals surface area contributed by atoms with Crippen LogP contribution in [0.15, 0.2) is 18.2 Å². The van der Waals surface area contributed by atoms with Crippen molar-refractivity contribution in [2.24, 2.45) is 5.73 Å². The molecule has 0 aliphatic carbocycles. The van der Waals surface area contributed by atoms with Gasteiger partial charge in [-0.1, -0.05) is 6.07 Å². The van der Waals surface area contributed by atoms with Crippen molar-refractivity contribution in [3.05, 3.63) is 24.0 Å². The molecule has 0 radical (unpaired) electrons. The molecule has 2 saturated heterocycles. The van der Waals surface area contributed by atoms with Gasteiger partial charge >= 0.3 is 6.09 Å². The smallest absolute Gasteiger partial charge is 0.414 e. The topological polar surface area (TPSA) is 58.8 Å². The van der Waals surface area contributed by atoms with E-state index in [1.807, 2.05) is 16.7 Å². The molecule has 7 heteroatoms. The second kappa shape index (κ2) is 6.11. The van der Waals surface area contributed by atoms with Crippen molar-refractivity contribution in [2.45, 2.75) is 6.10 Å². The Morgan fingerprint density at radius 1 is 1.38 bits per heavy atom. The van der Waals surface area contributed by atoms with Gasteiger partial charge in [0.1, 0.15) is 11.9 Å². The van der Waals surface area contributed by atoms with Gasteiger partial charge in [-0.3, -0.25) is 4.90 Å². The van der Waals surface area contributed by atoms with Crippen molar-refractivity contribution >= 4 is 29.2 Å². The summed E-state index contributed by atoms with van der Waals surface area (Å²) in [6.45, 7) is 2.20. The molecule has 114 valence electrons. The molecule has 0 saturated carbocycles. The summed E-state index contributed by atoms with van der Waals surface area (Å²) in [4.78, 5) is 15.5. The van der Waals surface area contributed by atoms with E-state index in [-0.39, 0.29) is 18.5 Å². The van der Waals surface area contributed by atoms with Crippen LogP contribution in [0.5, 0.6) is 0 Å². The number of para-hydroxylation sites is 1. The standard InChI is InChI=1S/C14H18FN3O2S/c15-11-2-1-3-12(13(11)17-4-6-21-7-5-17)18-9-10(8-16)20-14(18)19/h1-3,10H,4-9,16H2/t10-/m0/s1. The number of nitrogens with zero attached hydrogens (tertiary/aromatic N) is 2. The Balaban J connectivity index is 1.95. The summed E-state index contributed by atoms with van der Waals surface area (Å²) in [6.07, 6.45) is -0.783. The number of carbonyl (C=O) groups excluding carboxylic acids is 1. The third-order valence-corrected chi connectivity index (χ3v) is 4.66. The number of anilines is 2. The first kappa shape index (κ1) is 14.5. The molecule has 5 nitrogen and oxygen atoms in total. The van der Waals surface area contributed by atoms with Crippen LogP contribution in [0, 0.1) is 5.82 Å². The summed E-state index contributed by atoms with van der Waals surface area (Å²) in [5, 5.41) is 0. The van der Waals surface area contributed by atoms with Crippen LogP contribution >= 0.6 is 11.8 Å². The minimum atomic E-state index is -0.455. The first-order valence-electron chi connectivity index (χ1n) is 7.00. The fourth-order valence-corrected chi connectivity index (χ4v) is 3.57. The fraction of sp³-hybridized carbons (Fsp3) is 0.500. The molecule has 2 heterocycles. The van der Waals surface area contributed by atoms with Crippen LogP contribution in [0.3, 0.4) is 0 Å². The number of amides is 1. The van der Waals surface area contributed by atoms with E-state index in [9.17, 15) is 9.18 Å². The van der Waals surface area contributed by atoms with Gasteiger partial charge in [-0.15, -0.1) is 0 Å². The highest BCUT2D eigenvalue weighted by Crippen LogP contribution is 2.35. The number of halogens is 1. The van der Waals surface area contributed by atoms with Crippen LogP contribution in [0.25, 0.3) is 0 Å². The molecule has 0 spiro atoms. The highest BCUT2D eigenvalue weighted by molar-refractivity contribution is 7.99. The van der Waals surface area contributed by atoms with Crippen molar-refractivity contribution in [3.8, 4) is 0 Å². The molecular weight excluding hydrogens is 293 g/mol. The average molecular weight is 311 g/mol. The molecule has 3 rings (SSSR count). The summed E-state index contributed by atoms with van der Waals surface area (Å²) in [7, 11) is 0. The number of nitrogens with two attached hydrogens (primary N) is 1. The Bertz CT molecular complexity index is 537. The Kier molecular flexibility index (Phi) is 4.21. The molecule has 1 atom stereocenters. The number of cyclic esters (lactones) is 1. The maximum atomic E-state index is 14.3. The van der Waals surface area contributed by atoms with Crippen LogP contribution in [0.1, 0.15) is 0 Å². The van der Waals surface area contributed by atoms with E-state index in [0.29, 0.717) is 17.9 Å². The zero-order chi connectivity index (χ0) is 14.8. The Morgan fingerprint density at radius 3 is 2.81 bits per heavy atom. The maximum Gasteiger partial charge on any atom is 0.414 e. The van der Waals surface area contributed by atoms with Gasteiger partial charge < -0.3 is 15.4 Å². The van der Waals surface area contributed by atoms with E-state index in [1.165, 1.54) is 11.0 Å². The van der Waals surface area contributed by atoms with Crippen molar-refractivity contribution in [3.63, 3.8) is 0 Å². The SMILES string of the molecule is NC[C@H]1CN(c2cccc(F)c2N2CCSCC2)C(=O)O1. The van der Waals surface area contributed by atoms with Gasteiger partial charge in [-0.2, -0.15) is 11.8 Å². The number of benzene rings is 1. The highest BCUT2D eigenvalue weighted by Gasteiger charge is 2.34. The van der Waals surface area contributed by atoms with E-state index < -0.39 is 6.09 Å². The lowest BCUT2D eigenvalue weighted by molar-refractivity contribution is 0.145. The predicted octanol–water partition coefficient (Wildman–Crippen LogP) is 1.66. The molecule has 1 aromatic carbocycles. The van der Waals surface area contributed by atoms with Crippen LogP contribution in [0.4, 0.5) is 20.6 Å².